The number of nitrogens with one attached hydrogen (secondary N) is 2. The van der Waals surface area contributed by atoms with Gasteiger partial charge in [-0.25, -0.2) is 0 Å². The van der Waals surface area contributed by atoms with Gasteiger partial charge < -0.3 is 20.1 Å². The molecule has 0 aliphatic heterocycles. The van der Waals surface area contributed by atoms with Gasteiger partial charge in [0.2, 0.25) is 0 Å². The van der Waals surface area contributed by atoms with E-state index in [2.05, 4.69) is 10.6 Å². The number of hydrogen-bond donors (Lipinski definition) is 2. The molecule has 2 N–H and O–H groups in total. The van der Waals surface area contributed by atoms with Gasteiger partial charge in [-0.3, -0.25) is 9.59 Å². The van der Waals surface area contributed by atoms with Crippen LogP contribution < -0.4 is 20.1 Å². The fourth-order valence-electron chi connectivity index (χ4n) is 2.87. The fourth-order valence-corrected chi connectivity index (χ4v) is 3.32. The molecule has 0 atom stereocenters. The standard InChI is InChI=1S/C24H22Cl2N2O4/c1-15-11-17(25)3-9-21(15)31-13-23(29)27-19-5-7-20(8-6-19)28-24(30)14-32-22-10-4-18(26)12-16(22)2/h3-12H,13-14H2,1-2H3,(H,27,29)(H,28,30). The lowest BCUT2D eigenvalue weighted by atomic mass is 10.2. The van der Waals surface area contributed by atoms with Gasteiger partial charge in [0.15, 0.2) is 13.2 Å². The van der Waals surface area contributed by atoms with Gasteiger partial charge in [0.25, 0.3) is 11.8 Å². The molecule has 0 fully saturated rings. The third kappa shape index (κ3) is 6.90. The van der Waals surface area contributed by atoms with Crippen molar-refractivity contribution in [3.05, 3.63) is 81.8 Å². The second kappa shape index (κ2) is 10.9. The molecular weight excluding hydrogens is 451 g/mol. The average molecular weight is 473 g/mol. The van der Waals surface area contributed by atoms with E-state index in [0.717, 1.165) is 11.1 Å². The molecule has 0 bridgehead atoms. The van der Waals surface area contributed by atoms with Crippen molar-refractivity contribution in [1.82, 2.24) is 0 Å². The van der Waals surface area contributed by atoms with Crippen molar-refractivity contribution in [3.8, 4) is 11.5 Å². The molecule has 0 radical (unpaired) electrons. The van der Waals surface area contributed by atoms with Gasteiger partial charge in [-0.05, 0) is 85.6 Å². The van der Waals surface area contributed by atoms with Crippen LogP contribution in [0.1, 0.15) is 11.1 Å². The van der Waals surface area contributed by atoms with Crippen LogP contribution in [0.25, 0.3) is 0 Å². The number of rotatable bonds is 8. The van der Waals surface area contributed by atoms with E-state index >= 15 is 0 Å². The number of ether oxygens (including phenoxy) is 2. The molecular formula is C24H22Cl2N2O4. The van der Waals surface area contributed by atoms with Crippen LogP contribution >= 0.6 is 23.2 Å². The lowest BCUT2D eigenvalue weighted by Gasteiger charge is -2.11. The first-order chi connectivity index (χ1) is 15.3. The van der Waals surface area contributed by atoms with Crippen molar-refractivity contribution < 1.29 is 19.1 Å². The van der Waals surface area contributed by atoms with Gasteiger partial charge in [-0.15, -0.1) is 0 Å². The molecule has 0 aliphatic rings. The molecule has 0 heterocycles. The fraction of sp³-hybridized carbons (Fsp3) is 0.167. The quantitative estimate of drug-likeness (QED) is 0.444. The maximum atomic E-state index is 12.1. The Labute approximate surface area is 196 Å². The molecule has 2 amide bonds. The third-order valence-electron chi connectivity index (χ3n) is 4.44. The van der Waals surface area contributed by atoms with E-state index in [0.29, 0.717) is 32.9 Å². The minimum atomic E-state index is -0.303. The molecule has 3 aromatic carbocycles. The Hall–Kier alpha value is -3.22. The predicted molar refractivity (Wildman–Crippen MR) is 127 cm³/mol. The molecule has 3 aromatic rings. The van der Waals surface area contributed by atoms with Crippen molar-refractivity contribution in [3.63, 3.8) is 0 Å². The number of amides is 2. The molecule has 8 heteroatoms. The molecule has 0 saturated carbocycles. The maximum Gasteiger partial charge on any atom is 0.262 e. The molecule has 0 aromatic heterocycles. The first-order valence-corrected chi connectivity index (χ1v) is 10.5. The number of carbonyl (C=O) groups is 2. The Kier molecular flexibility index (Phi) is 7.98. The van der Waals surface area contributed by atoms with E-state index in [9.17, 15) is 9.59 Å². The van der Waals surface area contributed by atoms with Crippen molar-refractivity contribution in [1.29, 1.82) is 0 Å². The van der Waals surface area contributed by atoms with Gasteiger partial charge in [0.05, 0.1) is 0 Å². The Morgan fingerprint density at radius 2 is 1.06 bits per heavy atom. The molecule has 32 heavy (non-hydrogen) atoms. The summed E-state index contributed by atoms with van der Waals surface area (Å²) in [6.07, 6.45) is 0. The lowest BCUT2D eigenvalue weighted by Crippen LogP contribution is -2.21. The topological polar surface area (TPSA) is 76.7 Å². The van der Waals surface area contributed by atoms with Crippen molar-refractivity contribution >= 4 is 46.4 Å². The molecule has 0 aliphatic carbocycles. The Balaban J connectivity index is 1.45. The summed E-state index contributed by atoms with van der Waals surface area (Å²) in [5.74, 6) is 0.586. The van der Waals surface area contributed by atoms with Crippen LogP contribution in [-0.2, 0) is 9.59 Å². The normalized spacial score (nSPS) is 10.4. The van der Waals surface area contributed by atoms with E-state index in [1.807, 2.05) is 13.8 Å². The van der Waals surface area contributed by atoms with E-state index in [-0.39, 0.29) is 25.0 Å². The third-order valence-corrected chi connectivity index (χ3v) is 4.91. The first kappa shape index (κ1) is 23.4. The van der Waals surface area contributed by atoms with E-state index in [1.54, 1.807) is 60.7 Å². The Morgan fingerprint density at radius 3 is 1.41 bits per heavy atom. The van der Waals surface area contributed by atoms with Crippen LogP contribution in [0, 0.1) is 13.8 Å². The monoisotopic (exact) mass is 472 g/mol. The molecule has 166 valence electrons. The van der Waals surface area contributed by atoms with E-state index < -0.39 is 0 Å². The minimum Gasteiger partial charge on any atom is -0.483 e. The smallest absolute Gasteiger partial charge is 0.262 e. The highest BCUT2D eigenvalue weighted by Gasteiger charge is 2.08. The Morgan fingerprint density at radius 1 is 0.688 bits per heavy atom. The largest absolute Gasteiger partial charge is 0.483 e. The van der Waals surface area contributed by atoms with E-state index in [4.69, 9.17) is 32.7 Å². The summed E-state index contributed by atoms with van der Waals surface area (Å²) in [7, 11) is 0. The Bertz CT molecular complexity index is 1030. The van der Waals surface area contributed by atoms with Crippen LogP contribution in [0.15, 0.2) is 60.7 Å². The van der Waals surface area contributed by atoms with Gasteiger partial charge in [0, 0.05) is 21.4 Å². The summed E-state index contributed by atoms with van der Waals surface area (Å²) in [5.41, 5.74) is 2.86. The number of carbonyl (C=O) groups excluding carboxylic acids is 2. The zero-order valence-electron chi connectivity index (χ0n) is 17.6. The number of anilines is 2. The molecule has 0 spiro atoms. The highest BCUT2D eigenvalue weighted by molar-refractivity contribution is 6.31. The summed E-state index contributed by atoms with van der Waals surface area (Å²) >= 11 is 11.8. The predicted octanol–water partition coefficient (Wildman–Crippen LogP) is 5.65. The molecule has 0 unspecified atom stereocenters. The summed E-state index contributed by atoms with van der Waals surface area (Å²) in [6, 6.07) is 17.1. The van der Waals surface area contributed by atoms with Gasteiger partial charge in [-0.1, -0.05) is 23.2 Å². The summed E-state index contributed by atoms with van der Waals surface area (Å²) in [4.78, 5) is 24.3. The van der Waals surface area contributed by atoms with Crippen LogP contribution in [0.3, 0.4) is 0 Å². The number of halogens is 2. The van der Waals surface area contributed by atoms with Crippen LogP contribution in [-0.4, -0.2) is 25.0 Å². The SMILES string of the molecule is Cc1cc(Cl)ccc1OCC(=O)Nc1ccc(NC(=O)COc2ccc(Cl)cc2C)cc1. The zero-order chi connectivity index (χ0) is 23.1. The number of benzene rings is 3. The maximum absolute atomic E-state index is 12.1. The van der Waals surface area contributed by atoms with E-state index in [1.165, 1.54) is 0 Å². The lowest BCUT2D eigenvalue weighted by molar-refractivity contribution is -0.118. The van der Waals surface area contributed by atoms with Crippen molar-refractivity contribution in [2.75, 3.05) is 23.8 Å². The van der Waals surface area contributed by atoms with Gasteiger partial charge in [0.1, 0.15) is 11.5 Å². The highest BCUT2D eigenvalue weighted by Crippen LogP contribution is 2.23. The van der Waals surface area contributed by atoms with Crippen molar-refractivity contribution in [2.24, 2.45) is 0 Å². The second-order valence-electron chi connectivity index (χ2n) is 7.07. The average Bonchev–Trinajstić information content (AvgIpc) is 2.74. The highest BCUT2D eigenvalue weighted by atomic mass is 35.5. The molecule has 3 rings (SSSR count). The summed E-state index contributed by atoms with van der Waals surface area (Å²) in [5, 5.41) is 6.70. The first-order valence-electron chi connectivity index (χ1n) is 9.78. The van der Waals surface area contributed by atoms with Crippen LogP contribution in [0.4, 0.5) is 11.4 Å². The van der Waals surface area contributed by atoms with Crippen molar-refractivity contribution in [2.45, 2.75) is 13.8 Å². The second-order valence-corrected chi connectivity index (χ2v) is 7.94. The van der Waals surface area contributed by atoms with Crippen LogP contribution in [0.5, 0.6) is 11.5 Å². The summed E-state index contributed by atoms with van der Waals surface area (Å²) in [6.45, 7) is 3.44. The van der Waals surface area contributed by atoms with Gasteiger partial charge in [-0.2, -0.15) is 0 Å². The molecule has 6 nitrogen and oxygen atoms in total. The van der Waals surface area contributed by atoms with Crippen LogP contribution in [0.2, 0.25) is 10.0 Å². The number of hydrogen-bond acceptors (Lipinski definition) is 4. The molecule has 0 saturated heterocycles. The van der Waals surface area contributed by atoms with Gasteiger partial charge >= 0.3 is 0 Å². The summed E-state index contributed by atoms with van der Waals surface area (Å²) < 4.78 is 11.1. The number of aryl methyl sites for hydroxylation is 2. The zero-order valence-corrected chi connectivity index (χ0v) is 19.1. The minimum absolute atomic E-state index is 0.136.